The van der Waals surface area contributed by atoms with Gasteiger partial charge < -0.3 is 5.11 Å². The zero-order chi connectivity index (χ0) is 11.2. The van der Waals surface area contributed by atoms with E-state index in [9.17, 15) is 0 Å². The van der Waals surface area contributed by atoms with Gasteiger partial charge in [-0.2, -0.15) is 0 Å². The van der Waals surface area contributed by atoms with Crippen molar-refractivity contribution >= 4 is 0 Å². The van der Waals surface area contributed by atoms with Gasteiger partial charge in [0.1, 0.15) is 0 Å². The first-order valence-electron chi connectivity index (χ1n) is 7.02. The molecule has 0 aliphatic heterocycles. The van der Waals surface area contributed by atoms with Crippen LogP contribution in [0.15, 0.2) is 0 Å². The van der Waals surface area contributed by atoms with Gasteiger partial charge in [0.15, 0.2) is 0 Å². The van der Waals surface area contributed by atoms with Crippen molar-refractivity contribution in [3.8, 4) is 0 Å². The first kappa shape index (κ1) is 18.9. The van der Waals surface area contributed by atoms with Gasteiger partial charge in [-0.25, -0.2) is 0 Å². The van der Waals surface area contributed by atoms with Crippen LogP contribution in [-0.4, -0.2) is 11.7 Å². The van der Waals surface area contributed by atoms with Gasteiger partial charge in [0.2, 0.25) is 0 Å². The molecule has 0 aliphatic carbocycles. The van der Waals surface area contributed by atoms with Crippen molar-refractivity contribution in [1.29, 1.82) is 0 Å². The molecule has 0 amide bonds. The molecule has 0 radical (unpaired) electrons. The third kappa shape index (κ3) is 17.0. The number of unbranched alkanes of at least 4 members (excludes halogenated alkanes) is 11. The molecule has 0 fully saturated rings. The zero-order valence-corrected chi connectivity index (χ0v) is 12.7. The minimum Gasteiger partial charge on any atom is -0.396 e. The van der Waals surface area contributed by atoms with E-state index in [1.165, 1.54) is 70.6 Å². The maximum absolute atomic E-state index is 8.61. The minimum atomic E-state index is 0. The molecule has 0 atom stereocenters. The van der Waals surface area contributed by atoms with Crippen molar-refractivity contribution in [1.82, 2.24) is 0 Å². The summed E-state index contributed by atoms with van der Waals surface area (Å²) >= 11 is 0. The Bertz CT molecular complexity index is 94.9. The van der Waals surface area contributed by atoms with Crippen molar-refractivity contribution in [2.75, 3.05) is 6.61 Å². The van der Waals surface area contributed by atoms with Gasteiger partial charge in [0.25, 0.3) is 0 Å². The maximum Gasteiger partial charge on any atom is 0.0431 e. The second kappa shape index (κ2) is 18.0. The van der Waals surface area contributed by atoms with Crippen molar-refractivity contribution in [3.05, 3.63) is 0 Å². The van der Waals surface area contributed by atoms with E-state index in [0.717, 1.165) is 6.42 Å². The van der Waals surface area contributed by atoms with Gasteiger partial charge in [-0.15, -0.1) is 0 Å². The van der Waals surface area contributed by atoms with Crippen molar-refractivity contribution in [2.24, 2.45) is 0 Å². The van der Waals surface area contributed by atoms with Crippen molar-refractivity contribution < 1.29 is 24.6 Å². The molecule has 0 bridgehead atoms. The fourth-order valence-electron chi connectivity index (χ4n) is 1.95. The van der Waals surface area contributed by atoms with Crippen LogP contribution in [-0.2, 0) is 19.5 Å². The molecule has 0 saturated carbocycles. The van der Waals surface area contributed by atoms with Crippen molar-refractivity contribution in [2.45, 2.75) is 84.0 Å². The first-order valence-corrected chi connectivity index (χ1v) is 7.02. The molecule has 0 heterocycles. The van der Waals surface area contributed by atoms with E-state index in [2.05, 4.69) is 6.92 Å². The Kier molecular flexibility index (Phi) is 21.3. The summed E-state index contributed by atoms with van der Waals surface area (Å²) in [5, 5.41) is 8.61. The number of hydrogen-bond donors (Lipinski definition) is 1. The Hall–Kier alpha value is 0.583. The third-order valence-electron chi connectivity index (χ3n) is 3.01. The van der Waals surface area contributed by atoms with Gasteiger partial charge in [-0.1, -0.05) is 77.6 Å². The van der Waals surface area contributed by atoms with E-state index in [1.54, 1.807) is 0 Å². The molecule has 0 aromatic heterocycles. The van der Waals surface area contributed by atoms with Crippen LogP contribution in [0.25, 0.3) is 0 Å². The molecule has 2 heteroatoms. The zero-order valence-electron chi connectivity index (χ0n) is 11.0. The summed E-state index contributed by atoms with van der Waals surface area (Å²) in [5.41, 5.74) is 0. The average Bonchev–Trinajstić information content (AvgIpc) is 2.26. The molecule has 16 heavy (non-hydrogen) atoms. The average molecular weight is 315 g/mol. The Balaban J connectivity index is 0. The fraction of sp³-hybridized carbons (Fsp3) is 1.00. The standard InChI is InChI=1S/C14H30O.Ru/c1-2-3-4-5-6-7-8-9-10-11-12-13-14-15;/h15H,2-14H2,1H3;. The summed E-state index contributed by atoms with van der Waals surface area (Å²) in [6.07, 6.45) is 16.2. The maximum atomic E-state index is 8.61. The summed E-state index contributed by atoms with van der Waals surface area (Å²) in [5.74, 6) is 0. The smallest absolute Gasteiger partial charge is 0.0431 e. The van der Waals surface area contributed by atoms with Crippen LogP contribution in [0.3, 0.4) is 0 Å². The second-order valence-electron chi connectivity index (χ2n) is 4.61. The summed E-state index contributed by atoms with van der Waals surface area (Å²) in [4.78, 5) is 0. The third-order valence-corrected chi connectivity index (χ3v) is 3.01. The van der Waals surface area contributed by atoms with Crippen LogP contribution in [0.2, 0.25) is 0 Å². The summed E-state index contributed by atoms with van der Waals surface area (Å²) < 4.78 is 0. The second-order valence-corrected chi connectivity index (χ2v) is 4.61. The van der Waals surface area contributed by atoms with Gasteiger partial charge in [0, 0.05) is 26.1 Å². The Morgan fingerprint density at radius 2 is 0.875 bits per heavy atom. The van der Waals surface area contributed by atoms with Crippen LogP contribution in [0.5, 0.6) is 0 Å². The van der Waals surface area contributed by atoms with E-state index in [0.29, 0.717) is 6.61 Å². The number of rotatable bonds is 12. The first-order chi connectivity index (χ1) is 7.41. The number of aliphatic hydroxyl groups excluding tert-OH is 1. The summed E-state index contributed by atoms with van der Waals surface area (Å²) in [7, 11) is 0. The summed E-state index contributed by atoms with van der Waals surface area (Å²) in [6.45, 7) is 2.64. The predicted octanol–water partition coefficient (Wildman–Crippen LogP) is 4.68. The molecule has 0 spiro atoms. The molecule has 0 aromatic carbocycles. The predicted molar refractivity (Wildman–Crippen MR) is 68.2 cm³/mol. The van der Waals surface area contributed by atoms with Crippen molar-refractivity contribution in [3.63, 3.8) is 0 Å². The quantitative estimate of drug-likeness (QED) is 0.409. The van der Waals surface area contributed by atoms with Crippen LogP contribution in [0, 0.1) is 0 Å². The molecule has 0 unspecified atom stereocenters. The molecule has 1 N–H and O–H groups in total. The van der Waals surface area contributed by atoms with E-state index < -0.39 is 0 Å². The number of hydrogen-bond acceptors (Lipinski definition) is 1. The summed E-state index contributed by atoms with van der Waals surface area (Å²) in [6, 6.07) is 0. The molecule has 100 valence electrons. The normalized spacial score (nSPS) is 10.1. The van der Waals surface area contributed by atoms with Gasteiger partial charge in [-0.3, -0.25) is 0 Å². The van der Waals surface area contributed by atoms with Crippen LogP contribution < -0.4 is 0 Å². The van der Waals surface area contributed by atoms with Gasteiger partial charge in [0.05, 0.1) is 0 Å². The van der Waals surface area contributed by atoms with Gasteiger partial charge in [-0.05, 0) is 6.42 Å². The van der Waals surface area contributed by atoms with E-state index in [-0.39, 0.29) is 19.5 Å². The molecule has 0 aliphatic rings. The van der Waals surface area contributed by atoms with Crippen LogP contribution >= 0.6 is 0 Å². The van der Waals surface area contributed by atoms with E-state index in [1.807, 2.05) is 0 Å². The SMILES string of the molecule is CCCCCCCCCCCCCCO.[Ru]. The topological polar surface area (TPSA) is 20.2 Å². The number of aliphatic hydroxyl groups is 1. The Morgan fingerprint density at radius 1 is 0.562 bits per heavy atom. The molecule has 0 saturated heterocycles. The largest absolute Gasteiger partial charge is 0.396 e. The molecular weight excluding hydrogens is 285 g/mol. The van der Waals surface area contributed by atoms with Gasteiger partial charge >= 0.3 is 0 Å². The van der Waals surface area contributed by atoms with Crippen LogP contribution in [0.4, 0.5) is 0 Å². The van der Waals surface area contributed by atoms with E-state index >= 15 is 0 Å². The molecular formula is C14H30ORu. The molecule has 0 rings (SSSR count). The Morgan fingerprint density at radius 3 is 1.19 bits per heavy atom. The molecule has 0 aromatic rings. The molecule has 1 nitrogen and oxygen atoms in total. The monoisotopic (exact) mass is 316 g/mol. The van der Waals surface area contributed by atoms with Crippen LogP contribution in [0.1, 0.15) is 84.0 Å². The Labute approximate surface area is 115 Å². The van der Waals surface area contributed by atoms with E-state index in [4.69, 9.17) is 5.11 Å². The minimum absolute atomic E-state index is 0. The fourth-order valence-corrected chi connectivity index (χ4v) is 1.95.